The number of nitrogen functional groups attached to an aromatic ring is 1. The quantitative estimate of drug-likeness (QED) is 0.777. The first kappa shape index (κ1) is 10.8. The zero-order valence-electron chi connectivity index (χ0n) is 8.85. The van der Waals surface area contributed by atoms with Crippen LogP contribution in [-0.2, 0) is 11.3 Å². The topological polar surface area (TPSA) is 64.3 Å². The fraction of sp³-hybridized carbons (Fsp3) is 0.778. The molecule has 0 radical (unpaired) electrons. The van der Waals surface area contributed by atoms with E-state index in [4.69, 9.17) is 10.5 Å². The van der Waals surface area contributed by atoms with Gasteiger partial charge in [-0.05, 0) is 12.8 Å². The van der Waals surface area contributed by atoms with Crippen LogP contribution in [-0.4, -0.2) is 41.4 Å². The van der Waals surface area contributed by atoms with Crippen LogP contribution < -0.4 is 5.73 Å². The Morgan fingerprint density at radius 1 is 1.53 bits per heavy atom. The molecule has 1 aromatic rings. The number of nitrogens with zero attached hydrogens (tertiary/aromatic N) is 3. The van der Waals surface area contributed by atoms with E-state index in [-0.39, 0.29) is 0 Å². The largest absolute Gasteiger partial charge is 0.383 e. The van der Waals surface area contributed by atoms with Crippen LogP contribution in [0.1, 0.15) is 17.8 Å². The Labute approximate surface area is 93.2 Å². The van der Waals surface area contributed by atoms with Gasteiger partial charge in [-0.25, -0.2) is 0 Å². The molecule has 2 rings (SSSR count). The number of methoxy groups -OCH3 is 1. The molecule has 5 nitrogen and oxygen atoms in total. The molecule has 1 aliphatic carbocycles. The number of hydrogen-bond donors (Lipinski definition) is 1. The van der Waals surface area contributed by atoms with E-state index in [1.165, 1.54) is 24.2 Å². The minimum absolute atomic E-state index is 0.549. The minimum Gasteiger partial charge on any atom is -0.383 e. The molecule has 0 unspecified atom stereocenters. The second kappa shape index (κ2) is 4.87. The zero-order chi connectivity index (χ0) is 10.7. The summed E-state index contributed by atoms with van der Waals surface area (Å²) >= 11 is 1.47. The van der Waals surface area contributed by atoms with Gasteiger partial charge in [0.15, 0.2) is 0 Å². The highest BCUT2D eigenvalue weighted by molar-refractivity contribution is 7.15. The van der Waals surface area contributed by atoms with Crippen molar-refractivity contribution in [3.05, 3.63) is 5.01 Å². The molecule has 6 heteroatoms. The number of anilines is 1. The Hall–Kier alpha value is -0.720. The van der Waals surface area contributed by atoms with Gasteiger partial charge in [0, 0.05) is 19.7 Å². The van der Waals surface area contributed by atoms with Crippen molar-refractivity contribution in [1.82, 2.24) is 15.1 Å². The molecule has 0 saturated heterocycles. The first-order valence-electron chi connectivity index (χ1n) is 5.10. The third-order valence-electron chi connectivity index (χ3n) is 2.47. The van der Waals surface area contributed by atoms with Crippen molar-refractivity contribution in [3.8, 4) is 0 Å². The summed E-state index contributed by atoms with van der Waals surface area (Å²) in [6.45, 7) is 2.58. The lowest BCUT2D eigenvalue weighted by Crippen LogP contribution is -2.29. The average Bonchev–Trinajstić information content (AvgIpc) is 2.98. The zero-order valence-corrected chi connectivity index (χ0v) is 9.66. The Morgan fingerprint density at radius 3 is 2.87 bits per heavy atom. The minimum atomic E-state index is 0.549. The summed E-state index contributed by atoms with van der Waals surface area (Å²) in [5, 5.41) is 9.40. The highest BCUT2D eigenvalue weighted by Gasteiger charge is 2.29. The fourth-order valence-corrected chi connectivity index (χ4v) is 2.18. The summed E-state index contributed by atoms with van der Waals surface area (Å²) in [4.78, 5) is 2.39. The molecule has 0 atom stereocenters. The number of rotatable bonds is 6. The maximum atomic E-state index is 5.55. The van der Waals surface area contributed by atoms with Gasteiger partial charge in [0.1, 0.15) is 5.01 Å². The van der Waals surface area contributed by atoms with Gasteiger partial charge in [0.2, 0.25) is 5.13 Å². The first-order valence-corrected chi connectivity index (χ1v) is 5.92. The van der Waals surface area contributed by atoms with Crippen LogP contribution in [0, 0.1) is 0 Å². The van der Waals surface area contributed by atoms with Crippen molar-refractivity contribution in [3.63, 3.8) is 0 Å². The predicted octanol–water partition coefficient (Wildman–Crippen LogP) is 0.731. The second-order valence-electron chi connectivity index (χ2n) is 3.73. The molecular formula is C9H16N4OS. The lowest BCUT2D eigenvalue weighted by molar-refractivity contribution is 0.139. The molecule has 0 bridgehead atoms. The van der Waals surface area contributed by atoms with Gasteiger partial charge in [0.25, 0.3) is 0 Å². The maximum absolute atomic E-state index is 5.55. The van der Waals surface area contributed by atoms with E-state index in [0.29, 0.717) is 11.2 Å². The Kier molecular flexibility index (Phi) is 3.50. The third kappa shape index (κ3) is 3.12. The smallest absolute Gasteiger partial charge is 0.203 e. The molecule has 84 valence electrons. The van der Waals surface area contributed by atoms with Crippen LogP contribution in [0.25, 0.3) is 0 Å². The van der Waals surface area contributed by atoms with Crippen molar-refractivity contribution in [1.29, 1.82) is 0 Å². The Morgan fingerprint density at radius 2 is 2.33 bits per heavy atom. The summed E-state index contributed by atoms with van der Waals surface area (Å²) in [6, 6.07) is 0.713. The Bertz CT molecular complexity index is 313. The molecule has 15 heavy (non-hydrogen) atoms. The van der Waals surface area contributed by atoms with Crippen LogP contribution in [0.3, 0.4) is 0 Å². The number of aromatic nitrogens is 2. The SMILES string of the molecule is COCCN(Cc1nnc(N)s1)C1CC1. The van der Waals surface area contributed by atoms with E-state index < -0.39 is 0 Å². The van der Waals surface area contributed by atoms with E-state index in [1.54, 1.807) is 7.11 Å². The fourth-order valence-electron chi connectivity index (χ4n) is 1.54. The van der Waals surface area contributed by atoms with Gasteiger partial charge in [0.05, 0.1) is 13.2 Å². The average molecular weight is 228 g/mol. The predicted molar refractivity (Wildman–Crippen MR) is 59.6 cm³/mol. The molecule has 1 aromatic heterocycles. The summed E-state index contributed by atoms with van der Waals surface area (Å²) in [5.41, 5.74) is 5.55. The van der Waals surface area contributed by atoms with E-state index in [0.717, 1.165) is 24.7 Å². The summed E-state index contributed by atoms with van der Waals surface area (Å²) in [6.07, 6.45) is 2.58. The molecule has 0 aromatic carbocycles. The highest BCUT2D eigenvalue weighted by Crippen LogP contribution is 2.28. The van der Waals surface area contributed by atoms with Crippen molar-refractivity contribution >= 4 is 16.5 Å². The molecule has 2 N–H and O–H groups in total. The molecule has 0 spiro atoms. The van der Waals surface area contributed by atoms with Crippen molar-refractivity contribution in [2.75, 3.05) is 26.0 Å². The lowest BCUT2D eigenvalue weighted by Gasteiger charge is -2.19. The van der Waals surface area contributed by atoms with E-state index in [2.05, 4.69) is 15.1 Å². The molecule has 0 aliphatic heterocycles. The van der Waals surface area contributed by atoms with Gasteiger partial charge < -0.3 is 10.5 Å². The van der Waals surface area contributed by atoms with Gasteiger partial charge in [-0.2, -0.15) is 0 Å². The number of ether oxygens (including phenoxy) is 1. The highest BCUT2D eigenvalue weighted by atomic mass is 32.1. The van der Waals surface area contributed by atoms with Crippen LogP contribution in [0.15, 0.2) is 0 Å². The van der Waals surface area contributed by atoms with E-state index in [9.17, 15) is 0 Å². The normalized spacial score (nSPS) is 16.1. The van der Waals surface area contributed by atoms with Crippen molar-refractivity contribution < 1.29 is 4.74 Å². The third-order valence-corrected chi connectivity index (χ3v) is 3.20. The Balaban J connectivity index is 1.88. The molecule has 1 fully saturated rings. The van der Waals surface area contributed by atoms with E-state index in [1.807, 2.05) is 0 Å². The van der Waals surface area contributed by atoms with Crippen molar-refractivity contribution in [2.45, 2.75) is 25.4 Å². The molecule has 1 saturated carbocycles. The van der Waals surface area contributed by atoms with Gasteiger partial charge in [-0.15, -0.1) is 10.2 Å². The standard InChI is InChI=1S/C9H16N4OS/c1-14-5-4-13(7-2-3-7)6-8-11-12-9(10)15-8/h7H,2-6H2,1H3,(H2,10,12). The number of nitrogens with two attached hydrogens (primary N) is 1. The second-order valence-corrected chi connectivity index (χ2v) is 4.82. The van der Waals surface area contributed by atoms with Gasteiger partial charge >= 0.3 is 0 Å². The molecule has 0 amide bonds. The lowest BCUT2D eigenvalue weighted by atomic mass is 10.4. The number of hydrogen-bond acceptors (Lipinski definition) is 6. The first-order chi connectivity index (χ1) is 7.29. The summed E-state index contributed by atoms with van der Waals surface area (Å²) < 4.78 is 5.09. The van der Waals surface area contributed by atoms with Crippen molar-refractivity contribution in [2.24, 2.45) is 0 Å². The summed E-state index contributed by atoms with van der Waals surface area (Å²) in [7, 11) is 1.73. The monoisotopic (exact) mass is 228 g/mol. The molecular weight excluding hydrogens is 212 g/mol. The van der Waals surface area contributed by atoms with Crippen LogP contribution >= 0.6 is 11.3 Å². The molecule has 1 aliphatic rings. The van der Waals surface area contributed by atoms with E-state index >= 15 is 0 Å². The molecule has 1 heterocycles. The maximum Gasteiger partial charge on any atom is 0.203 e. The van der Waals surface area contributed by atoms with Gasteiger partial charge in [-0.1, -0.05) is 11.3 Å². The van der Waals surface area contributed by atoms with Gasteiger partial charge in [-0.3, -0.25) is 4.90 Å². The summed E-state index contributed by atoms with van der Waals surface area (Å²) in [5.74, 6) is 0. The van der Waals surface area contributed by atoms with Crippen LogP contribution in [0.2, 0.25) is 0 Å². The van der Waals surface area contributed by atoms with Crippen LogP contribution in [0.4, 0.5) is 5.13 Å². The van der Waals surface area contributed by atoms with Crippen LogP contribution in [0.5, 0.6) is 0 Å².